The first-order valence-electron chi connectivity index (χ1n) is 7.64. The summed E-state index contributed by atoms with van der Waals surface area (Å²) in [5, 5.41) is 10.9. The lowest BCUT2D eigenvalue weighted by Crippen LogP contribution is -2.08. The predicted octanol–water partition coefficient (Wildman–Crippen LogP) is 3.55. The Morgan fingerprint density at radius 2 is 2.18 bits per heavy atom. The topological polar surface area (TPSA) is 74.6 Å². The van der Waals surface area contributed by atoms with E-state index >= 15 is 0 Å². The molecule has 1 aliphatic rings. The van der Waals surface area contributed by atoms with E-state index in [1.54, 1.807) is 18.5 Å². The van der Waals surface area contributed by atoms with Gasteiger partial charge in [0.25, 0.3) is 0 Å². The predicted molar refractivity (Wildman–Crippen MR) is 83.6 cm³/mol. The van der Waals surface area contributed by atoms with Gasteiger partial charge in [0.2, 0.25) is 0 Å². The van der Waals surface area contributed by atoms with Crippen LogP contribution in [-0.4, -0.2) is 21.6 Å². The van der Waals surface area contributed by atoms with Crippen molar-refractivity contribution in [1.29, 1.82) is 5.26 Å². The first-order valence-corrected chi connectivity index (χ1v) is 7.64. The van der Waals surface area contributed by atoms with E-state index < -0.39 is 0 Å². The summed E-state index contributed by atoms with van der Waals surface area (Å²) in [5.41, 5.74) is 2.05. The van der Waals surface area contributed by atoms with Crippen LogP contribution in [0, 0.1) is 17.2 Å². The van der Waals surface area contributed by atoms with Gasteiger partial charge in [0.1, 0.15) is 23.2 Å². The summed E-state index contributed by atoms with van der Waals surface area (Å²) in [6, 6.07) is 5.77. The van der Waals surface area contributed by atoms with Crippen LogP contribution in [0.4, 0.5) is 0 Å². The van der Waals surface area contributed by atoms with E-state index in [0.717, 1.165) is 34.3 Å². The lowest BCUT2D eigenvalue weighted by molar-refractivity contribution is 0.255. The van der Waals surface area contributed by atoms with Crippen molar-refractivity contribution in [3.8, 4) is 11.8 Å². The maximum atomic E-state index is 9.05. The molecule has 0 amide bonds. The third kappa shape index (κ3) is 2.17. The van der Waals surface area contributed by atoms with Crippen molar-refractivity contribution in [3.63, 3.8) is 0 Å². The summed E-state index contributed by atoms with van der Waals surface area (Å²) in [4.78, 5) is 11.7. The van der Waals surface area contributed by atoms with Gasteiger partial charge in [-0.25, -0.2) is 9.97 Å². The lowest BCUT2D eigenvalue weighted by atomic mass is 10.1. The molecule has 5 heteroatoms. The molecule has 0 aliphatic heterocycles. The monoisotopic (exact) mass is 292 g/mol. The van der Waals surface area contributed by atoms with Crippen LogP contribution in [0.5, 0.6) is 5.75 Å². The van der Waals surface area contributed by atoms with Gasteiger partial charge in [0.15, 0.2) is 0 Å². The molecule has 3 aromatic rings. The van der Waals surface area contributed by atoms with Gasteiger partial charge < -0.3 is 9.72 Å². The molecule has 22 heavy (non-hydrogen) atoms. The fourth-order valence-electron chi connectivity index (χ4n) is 3.25. The summed E-state index contributed by atoms with van der Waals surface area (Å²) >= 11 is 0. The zero-order valence-electron chi connectivity index (χ0n) is 12.2. The molecule has 0 spiro atoms. The first-order chi connectivity index (χ1) is 10.8. The molecule has 1 fully saturated rings. The minimum absolute atomic E-state index is 0.402. The fraction of sp³-hybridized carbons (Fsp3) is 0.353. The number of H-pyrrole nitrogens is 1. The second-order valence-corrected chi connectivity index (χ2v) is 5.85. The van der Waals surface area contributed by atoms with E-state index in [9.17, 15) is 0 Å². The Balaban J connectivity index is 1.78. The van der Waals surface area contributed by atoms with Crippen LogP contribution in [0.25, 0.3) is 21.9 Å². The molecule has 0 atom stereocenters. The second-order valence-electron chi connectivity index (χ2n) is 5.85. The fourth-order valence-corrected chi connectivity index (χ4v) is 3.25. The van der Waals surface area contributed by atoms with Crippen LogP contribution in [0.1, 0.15) is 31.4 Å². The van der Waals surface area contributed by atoms with Crippen LogP contribution in [-0.2, 0) is 0 Å². The van der Waals surface area contributed by atoms with Gasteiger partial charge in [-0.1, -0.05) is 12.8 Å². The average molecular weight is 292 g/mol. The standard InChI is InChI=1S/C17H16N4O/c18-8-12-7-13-14(9-20-12)21-17-16(13)15(5-6-19-17)22-10-11-3-1-2-4-11/h5-7,9,11H,1-4,10H2,(H,19,21). The van der Waals surface area contributed by atoms with Gasteiger partial charge >= 0.3 is 0 Å². The van der Waals surface area contributed by atoms with E-state index in [-0.39, 0.29) is 0 Å². The molecule has 0 unspecified atom stereocenters. The average Bonchev–Trinajstić information content (AvgIpc) is 3.19. The molecule has 1 aliphatic carbocycles. The molecule has 1 saturated carbocycles. The molecule has 4 rings (SSSR count). The Morgan fingerprint density at radius 1 is 1.32 bits per heavy atom. The summed E-state index contributed by atoms with van der Waals surface area (Å²) in [6.07, 6.45) is 8.56. The number of hydrogen-bond donors (Lipinski definition) is 1. The summed E-state index contributed by atoms with van der Waals surface area (Å²) < 4.78 is 6.08. The number of aromatic nitrogens is 3. The Morgan fingerprint density at radius 3 is 3.00 bits per heavy atom. The molecular formula is C17H16N4O. The van der Waals surface area contributed by atoms with Gasteiger partial charge in [-0.15, -0.1) is 0 Å². The zero-order valence-corrected chi connectivity index (χ0v) is 12.2. The quantitative estimate of drug-likeness (QED) is 0.801. The van der Waals surface area contributed by atoms with Gasteiger partial charge in [-0.2, -0.15) is 5.26 Å². The molecule has 0 aromatic carbocycles. The maximum absolute atomic E-state index is 9.05. The smallest absolute Gasteiger partial charge is 0.142 e. The Hall–Kier alpha value is -2.61. The number of rotatable bonds is 3. The maximum Gasteiger partial charge on any atom is 0.142 e. The summed E-state index contributed by atoms with van der Waals surface area (Å²) in [7, 11) is 0. The number of nitrogens with one attached hydrogen (secondary N) is 1. The molecular weight excluding hydrogens is 276 g/mol. The first kappa shape index (κ1) is 13.1. The molecule has 3 aromatic heterocycles. The third-order valence-corrected chi connectivity index (χ3v) is 4.40. The van der Waals surface area contributed by atoms with Crippen molar-refractivity contribution < 1.29 is 4.74 Å². The number of pyridine rings is 2. The normalized spacial score (nSPS) is 15.4. The second kappa shape index (κ2) is 5.30. The van der Waals surface area contributed by atoms with E-state index in [2.05, 4.69) is 21.0 Å². The Labute approximate surface area is 127 Å². The number of fused-ring (bicyclic) bond motifs is 3. The van der Waals surface area contributed by atoms with Crippen LogP contribution in [0.3, 0.4) is 0 Å². The van der Waals surface area contributed by atoms with Crippen molar-refractivity contribution in [1.82, 2.24) is 15.0 Å². The van der Waals surface area contributed by atoms with E-state index in [0.29, 0.717) is 11.6 Å². The number of aromatic amines is 1. The van der Waals surface area contributed by atoms with Crippen molar-refractivity contribution in [2.24, 2.45) is 5.92 Å². The highest BCUT2D eigenvalue weighted by molar-refractivity contribution is 6.09. The van der Waals surface area contributed by atoms with E-state index in [1.165, 1.54) is 25.7 Å². The SMILES string of the molecule is N#Cc1cc2c(cn1)[nH]c1nccc(OCC3CCCC3)c12. The molecule has 1 N–H and O–H groups in total. The van der Waals surface area contributed by atoms with Crippen LogP contribution in [0.2, 0.25) is 0 Å². The molecule has 3 heterocycles. The van der Waals surface area contributed by atoms with Crippen LogP contribution < -0.4 is 4.74 Å². The number of nitrogens with zero attached hydrogens (tertiary/aromatic N) is 3. The molecule has 5 nitrogen and oxygen atoms in total. The van der Waals surface area contributed by atoms with Crippen LogP contribution >= 0.6 is 0 Å². The van der Waals surface area contributed by atoms with Gasteiger partial charge in [0, 0.05) is 11.6 Å². The largest absolute Gasteiger partial charge is 0.492 e. The Kier molecular flexibility index (Phi) is 3.15. The highest BCUT2D eigenvalue weighted by Crippen LogP contribution is 2.33. The van der Waals surface area contributed by atoms with Gasteiger partial charge in [-0.05, 0) is 30.9 Å². The lowest BCUT2D eigenvalue weighted by Gasteiger charge is -2.12. The van der Waals surface area contributed by atoms with E-state index in [4.69, 9.17) is 10.00 Å². The van der Waals surface area contributed by atoms with Crippen LogP contribution in [0.15, 0.2) is 24.5 Å². The van der Waals surface area contributed by atoms with E-state index in [1.807, 2.05) is 6.07 Å². The minimum atomic E-state index is 0.402. The zero-order chi connectivity index (χ0) is 14.9. The summed E-state index contributed by atoms with van der Waals surface area (Å²) in [5.74, 6) is 1.49. The van der Waals surface area contributed by atoms with Gasteiger partial charge in [-0.3, -0.25) is 0 Å². The molecule has 0 saturated heterocycles. The summed E-state index contributed by atoms with van der Waals surface area (Å²) in [6.45, 7) is 0.752. The van der Waals surface area contributed by atoms with Gasteiger partial charge in [0.05, 0.1) is 23.7 Å². The highest BCUT2D eigenvalue weighted by atomic mass is 16.5. The van der Waals surface area contributed by atoms with Crippen molar-refractivity contribution >= 4 is 21.9 Å². The molecule has 0 bridgehead atoms. The third-order valence-electron chi connectivity index (χ3n) is 4.40. The molecule has 110 valence electrons. The highest BCUT2D eigenvalue weighted by Gasteiger charge is 2.17. The van der Waals surface area contributed by atoms with Crippen molar-refractivity contribution in [2.75, 3.05) is 6.61 Å². The molecule has 0 radical (unpaired) electrons. The number of nitriles is 1. The number of ether oxygens (including phenoxy) is 1. The minimum Gasteiger partial charge on any atom is -0.492 e. The number of hydrogen-bond acceptors (Lipinski definition) is 4. The van der Waals surface area contributed by atoms with Crippen molar-refractivity contribution in [2.45, 2.75) is 25.7 Å². The van der Waals surface area contributed by atoms with Crippen molar-refractivity contribution in [3.05, 3.63) is 30.2 Å². The Bertz CT molecular complexity index is 871.